The predicted octanol–water partition coefficient (Wildman–Crippen LogP) is 3.72. The fraction of sp³-hybridized carbons (Fsp3) is 0.375. The number of likely N-dealkylation sites (N-methyl/N-ethyl adjacent to an activating group) is 2. The molecule has 7 heteroatoms. The van der Waals surface area contributed by atoms with E-state index in [0.29, 0.717) is 13.1 Å². The molecule has 1 aliphatic rings. The molecule has 164 valence electrons. The summed E-state index contributed by atoms with van der Waals surface area (Å²) in [5.74, 6) is -0.211. The third kappa shape index (κ3) is 4.38. The van der Waals surface area contributed by atoms with Crippen LogP contribution < -0.4 is 0 Å². The SMILES string of the molecule is CCN(Cc1ccccc1)C(=O)CN(C)S(=O)(=O)c1ccc2[nH]c3c(c2c1)CCCC3. The zero-order valence-corrected chi connectivity index (χ0v) is 18.9. The topological polar surface area (TPSA) is 73.5 Å². The first-order chi connectivity index (χ1) is 14.9. The van der Waals surface area contributed by atoms with Crippen LogP contribution in [0.2, 0.25) is 0 Å². The van der Waals surface area contributed by atoms with Crippen LogP contribution in [0.1, 0.15) is 36.6 Å². The van der Waals surface area contributed by atoms with Crippen molar-refractivity contribution in [1.82, 2.24) is 14.2 Å². The van der Waals surface area contributed by atoms with Crippen molar-refractivity contribution >= 4 is 26.8 Å². The van der Waals surface area contributed by atoms with Crippen molar-refractivity contribution in [2.75, 3.05) is 20.1 Å². The van der Waals surface area contributed by atoms with E-state index < -0.39 is 10.0 Å². The Balaban J connectivity index is 1.53. The number of hydrogen-bond donors (Lipinski definition) is 1. The highest BCUT2D eigenvalue weighted by atomic mass is 32.2. The summed E-state index contributed by atoms with van der Waals surface area (Å²) in [6.07, 6.45) is 4.26. The van der Waals surface area contributed by atoms with E-state index in [1.807, 2.05) is 43.3 Å². The number of hydrogen-bond acceptors (Lipinski definition) is 3. The van der Waals surface area contributed by atoms with Gasteiger partial charge in [0.15, 0.2) is 0 Å². The molecule has 1 amide bonds. The van der Waals surface area contributed by atoms with Gasteiger partial charge in [0.2, 0.25) is 15.9 Å². The first-order valence-corrected chi connectivity index (χ1v) is 12.3. The number of fused-ring (bicyclic) bond motifs is 3. The van der Waals surface area contributed by atoms with Gasteiger partial charge in [0, 0.05) is 36.7 Å². The molecule has 0 unspecified atom stereocenters. The van der Waals surface area contributed by atoms with Gasteiger partial charge >= 0.3 is 0 Å². The van der Waals surface area contributed by atoms with Crippen molar-refractivity contribution in [1.29, 1.82) is 0 Å². The van der Waals surface area contributed by atoms with E-state index in [0.717, 1.165) is 46.5 Å². The number of aromatic amines is 1. The Kier molecular flexibility index (Phi) is 6.16. The van der Waals surface area contributed by atoms with Gasteiger partial charge in [0.25, 0.3) is 0 Å². The number of sulfonamides is 1. The number of carbonyl (C=O) groups excluding carboxylic acids is 1. The van der Waals surface area contributed by atoms with Crippen LogP contribution in [0.25, 0.3) is 10.9 Å². The van der Waals surface area contributed by atoms with Gasteiger partial charge < -0.3 is 9.88 Å². The minimum Gasteiger partial charge on any atom is -0.358 e. The molecule has 0 bridgehead atoms. The summed E-state index contributed by atoms with van der Waals surface area (Å²) in [6, 6.07) is 14.9. The highest BCUT2D eigenvalue weighted by molar-refractivity contribution is 7.89. The lowest BCUT2D eigenvalue weighted by Gasteiger charge is -2.24. The van der Waals surface area contributed by atoms with E-state index in [9.17, 15) is 13.2 Å². The van der Waals surface area contributed by atoms with Crippen molar-refractivity contribution in [3.63, 3.8) is 0 Å². The second-order valence-electron chi connectivity index (χ2n) is 8.15. The van der Waals surface area contributed by atoms with Crippen LogP contribution in [0.3, 0.4) is 0 Å². The quantitative estimate of drug-likeness (QED) is 0.610. The number of H-pyrrole nitrogens is 1. The van der Waals surface area contributed by atoms with Crippen LogP contribution in [0.4, 0.5) is 0 Å². The number of aromatic nitrogens is 1. The molecule has 1 aliphatic carbocycles. The van der Waals surface area contributed by atoms with Crippen LogP contribution >= 0.6 is 0 Å². The number of amides is 1. The van der Waals surface area contributed by atoms with E-state index in [-0.39, 0.29) is 17.3 Å². The summed E-state index contributed by atoms with van der Waals surface area (Å²) in [5.41, 5.74) is 4.45. The number of rotatable bonds is 7. The van der Waals surface area contributed by atoms with Gasteiger partial charge in [0.05, 0.1) is 11.4 Å². The summed E-state index contributed by atoms with van der Waals surface area (Å²) < 4.78 is 27.6. The second kappa shape index (κ2) is 8.85. The highest BCUT2D eigenvalue weighted by Crippen LogP contribution is 2.31. The van der Waals surface area contributed by atoms with Crippen molar-refractivity contribution in [3.8, 4) is 0 Å². The molecule has 0 atom stereocenters. The molecule has 4 rings (SSSR count). The molecule has 0 saturated heterocycles. The van der Waals surface area contributed by atoms with Gasteiger partial charge in [-0.25, -0.2) is 8.42 Å². The zero-order chi connectivity index (χ0) is 22.0. The van der Waals surface area contributed by atoms with Crippen LogP contribution in [0, 0.1) is 0 Å². The van der Waals surface area contributed by atoms with E-state index in [1.165, 1.54) is 18.3 Å². The Morgan fingerprint density at radius 3 is 2.55 bits per heavy atom. The maximum Gasteiger partial charge on any atom is 0.243 e. The molecule has 0 fully saturated rings. The van der Waals surface area contributed by atoms with Gasteiger partial charge in [0.1, 0.15) is 0 Å². The normalized spacial score (nSPS) is 14.0. The minimum atomic E-state index is -3.77. The van der Waals surface area contributed by atoms with Crippen LogP contribution in [0.15, 0.2) is 53.4 Å². The molecule has 1 heterocycles. The van der Waals surface area contributed by atoms with Crippen LogP contribution in [0.5, 0.6) is 0 Å². The molecular weight excluding hydrogens is 410 g/mol. The number of benzene rings is 2. The Labute approximate surface area is 183 Å². The van der Waals surface area contributed by atoms with Crippen LogP contribution in [-0.2, 0) is 34.2 Å². The molecule has 3 aromatic rings. The molecule has 6 nitrogen and oxygen atoms in total. The molecular formula is C24H29N3O3S. The molecule has 1 aromatic heterocycles. The van der Waals surface area contributed by atoms with Crippen molar-refractivity contribution in [3.05, 3.63) is 65.4 Å². The summed E-state index contributed by atoms with van der Waals surface area (Å²) in [6.45, 7) is 2.69. The Hall–Kier alpha value is -2.64. The maximum atomic E-state index is 13.2. The molecule has 2 aromatic carbocycles. The van der Waals surface area contributed by atoms with Crippen molar-refractivity contribution in [2.24, 2.45) is 0 Å². The molecule has 0 aliphatic heterocycles. The molecule has 0 saturated carbocycles. The van der Waals surface area contributed by atoms with E-state index in [2.05, 4.69) is 4.98 Å². The predicted molar refractivity (Wildman–Crippen MR) is 122 cm³/mol. The average Bonchev–Trinajstić information content (AvgIpc) is 3.16. The zero-order valence-electron chi connectivity index (χ0n) is 18.1. The Morgan fingerprint density at radius 2 is 1.81 bits per heavy atom. The van der Waals surface area contributed by atoms with E-state index in [4.69, 9.17) is 0 Å². The Morgan fingerprint density at radius 1 is 1.06 bits per heavy atom. The summed E-state index contributed by atoms with van der Waals surface area (Å²) >= 11 is 0. The lowest BCUT2D eigenvalue weighted by Crippen LogP contribution is -2.40. The Bertz CT molecular complexity index is 1190. The number of carbonyl (C=O) groups is 1. The third-order valence-electron chi connectivity index (χ3n) is 6.09. The molecule has 0 radical (unpaired) electrons. The van der Waals surface area contributed by atoms with Gasteiger partial charge in [-0.15, -0.1) is 0 Å². The fourth-order valence-corrected chi connectivity index (χ4v) is 5.43. The molecule has 0 spiro atoms. The van der Waals surface area contributed by atoms with Crippen LogP contribution in [-0.4, -0.2) is 48.7 Å². The van der Waals surface area contributed by atoms with Crippen molar-refractivity contribution < 1.29 is 13.2 Å². The monoisotopic (exact) mass is 439 g/mol. The van der Waals surface area contributed by atoms with Gasteiger partial charge in [-0.05, 0) is 61.9 Å². The first-order valence-electron chi connectivity index (χ1n) is 10.8. The van der Waals surface area contributed by atoms with Crippen molar-refractivity contribution in [2.45, 2.75) is 44.0 Å². The number of nitrogens with zero attached hydrogens (tertiary/aromatic N) is 2. The molecule has 1 N–H and O–H groups in total. The fourth-order valence-electron chi connectivity index (χ4n) is 4.28. The largest absolute Gasteiger partial charge is 0.358 e. The lowest BCUT2D eigenvalue weighted by atomic mass is 9.96. The maximum absolute atomic E-state index is 13.2. The average molecular weight is 440 g/mol. The summed E-state index contributed by atoms with van der Waals surface area (Å²) in [4.78, 5) is 18.2. The van der Waals surface area contributed by atoms with Gasteiger partial charge in [-0.3, -0.25) is 4.79 Å². The summed E-state index contributed by atoms with van der Waals surface area (Å²) in [7, 11) is -2.30. The lowest BCUT2D eigenvalue weighted by molar-refractivity contribution is -0.131. The number of nitrogens with one attached hydrogen (secondary N) is 1. The van der Waals surface area contributed by atoms with E-state index in [1.54, 1.807) is 17.0 Å². The third-order valence-corrected chi connectivity index (χ3v) is 7.89. The summed E-state index contributed by atoms with van der Waals surface area (Å²) in [5, 5.41) is 0.981. The molecule has 31 heavy (non-hydrogen) atoms. The van der Waals surface area contributed by atoms with Gasteiger partial charge in [-0.2, -0.15) is 4.31 Å². The van der Waals surface area contributed by atoms with Gasteiger partial charge in [-0.1, -0.05) is 30.3 Å². The number of aryl methyl sites for hydroxylation is 2. The minimum absolute atomic E-state index is 0.188. The second-order valence-corrected chi connectivity index (χ2v) is 10.2. The smallest absolute Gasteiger partial charge is 0.243 e. The first kappa shape index (κ1) is 21.6. The standard InChI is InChI=1S/C24H29N3O3S/c1-3-27(16-18-9-5-4-6-10-18)24(28)17-26(2)31(29,30)19-13-14-23-21(15-19)20-11-7-8-12-22(20)25-23/h4-6,9-10,13-15,25H,3,7-8,11-12,16-17H2,1-2H3. The highest BCUT2D eigenvalue weighted by Gasteiger charge is 2.26. The van der Waals surface area contributed by atoms with E-state index >= 15 is 0 Å².